The molecular formula is C22H25N5O2. The van der Waals surface area contributed by atoms with Gasteiger partial charge in [0, 0.05) is 38.9 Å². The Labute approximate surface area is 169 Å². The molecule has 1 saturated heterocycles. The summed E-state index contributed by atoms with van der Waals surface area (Å²) < 4.78 is 1.72. The summed E-state index contributed by atoms with van der Waals surface area (Å²) in [7, 11) is 2.05. The fourth-order valence-electron chi connectivity index (χ4n) is 3.56. The van der Waals surface area contributed by atoms with Gasteiger partial charge in [0.05, 0.1) is 5.52 Å². The van der Waals surface area contributed by atoms with E-state index in [9.17, 15) is 9.59 Å². The summed E-state index contributed by atoms with van der Waals surface area (Å²) in [6.45, 7) is 3.51. The Balaban J connectivity index is 1.52. The molecule has 150 valence electrons. The first kappa shape index (κ1) is 19.1. The van der Waals surface area contributed by atoms with Crippen LogP contribution in [0.25, 0.3) is 5.52 Å². The number of rotatable bonds is 5. The summed E-state index contributed by atoms with van der Waals surface area (Å²) in [5.74, 6) is -0.108. The standard InChI is InChI=1S/C22H25N5O2/c1-25-13-15-26(16-14-25)22(29)20-24-19(18-9-5-6-12-27(18)20)21(28)23-11-10-17-7-3-2-4-8-17/h2-9,12H,10-11,13-16H2,1H3,(H,23,28). The minimum Gasteiger partial charge on any atom is -0.350 e. The van der Waals surface area contributed by atoms with Crippen LogP contribution in [0.2, 0.25) is 0 Å². The van der Waals surface area contributed by atoms with Crippen molar-refractivity contribution in [1.29, 1.82) is 0 Å². The summed E-state index contributed by atoms with van der Waals surface area (Å²) >= 11 is 0. The maximum atomic E-state index is 13.0. The second kappa shape index (κ2) is 8.45. The molecular weight excluding hydrogens is 366 g/mol. The molecule has 2 aromatic heterocycles. The highest BCUT2D eigenvalue weighted by Gasteiger charge is 2.26. The van der Waals surface area contributed by atoms with E-state index in [1.54, 1.807) is 15.5 Å². The summed E-state index contributed by atoms with van der Waals surface area (Å²) in [4.78, 5) is 34.3. The summed E-state index contributed by atoms with van der Waals surface area (Å²) in [6, 6.07) is 15.5. The second-order valence-electron chi connectivity index (χ2n) is 7.33. The van der Waals surface area contributed by atoms with Crippen LogP contribution >= 0.6 is 0 Å². The van der Waals surface area contributed by atoms with E-state index in [-0.39, 0.29) is 17.5 Å². The van der Waals surface area contributed by atoms with Gasteiger partial charge in [-0.15, -0.1) is 0 Å². The number of aromatic nitrogens is 2. The summed E-state index contributed by atoms with van der Waals surface area (Å²) in [5, 5.41) is 2.93. The van der Waals surface area contributed by atoms with E-state index in [1.165, 1.54) is 0 Å². The van der Waals surface area contributed by atoms with Gasteiger partial charge in [-0.3, -0.25) is 14.0 Å². The van der Waals surface area contributed by atoms with Gasteiger partial charge in [0.15, 0.2) is 5.69 Å². The molecule has 1 aliphatic rings. The van der Waals surface area contributed by atoms with Crippen LogP contribution in [0.4, 0.5) is 0 Å². The van der Waals surface area contributed by atoms with E-state index in [0.29, 0.717) is 31.0 Å². The first-order chi connectivity index (χ1) is 14.1. The molecule has 0 spiro atoms. The fourth-order valence-corrected chi connectivity index (χ4v) is 3.56. The van der Waals surface area contributed by atoms with E-state index in [2.05, 4.69) is 15.2 Å². The molecule has 3 aromatic rings. The second-order valence-corrected chi connectivity index (χ2v) is 7.33. The van der Waals surface area contributed by atoms with Crippen LogP contribution in [0.5, 0.6) is 0 Å². The summed E-state index contributed by atoms with van der Waals surface area (Å²) in [5.41, 5.74) is 2.09. The Morgan fingerprint density at radius 1 is 1.00 bits per heavy atom. The Bertz CT molecular complexity index is 1010. The molecule has 1 aliphatic heterocycles. The highest BCUT2D eigenvalue weighted by molar-refractivity contribution is 6.02. The van der Waals surface area contributed by atoms with Gasteiger partial charge in [0.2, 0.25) is 5.82 Å². The van der Waals surface area contributed by atoms with Crippen molar-refractivity contribution >= 4 is 17.3 Å². The van der Waals surface area contributed by atoms with Gasteiger partial charge >= 0.3 is 0 Å². The van der Waals surface area contributed by atoms with Crippen molar-refractivity contribution in [3.05, 3.63) is 71.8 Å². The molecule has 2 amide bonds. The molecule has 1 N–H and O–H groups in total. The Morgan fingerprint density at radius 3 is 2.48 bits per heavy atom. The van der Waals surface area contributed by atoms with Crippen molar-refractivity contribution in [2.45, 2.75) is 6.42 Å². The monoisotopic (exact) mass is 391 g/mol. The number of imidazole rings is 1. The molecule has 1 fully saturated rings. The van der Waals surface area contributed by atoms with Crippen molar-refractivity contribution in [3.63, 3.8) is 0 Å². The zero-order valence-electron chi connectivity index (χ0n) is 16.5. The third-order valence-electron chi connectivity index (χ3n) is 5.29. The van der Waals surface area contributed by atoms with Crippen LogP contribution < -0.4 is 5.32 Å². The van der Waals surface area contributed by atoms with Gasteiger partial charge in [-0.05, 0) is 31.2 Å². The number of likely N-dealkylation sites (N-methyl/N-ethyl adjacent to an activating group) is 1. The number of carbonyl (C=O) groups is 2. The molecule has 0 saturated carbocycles. The average molecular weight is 391 g/mol. The molecule has 0 bridgehead atoms. The van der Waals surface area contributed by atoms with Crippen molar-refractivity contribution in [2.24, 2.45) is 0 Å². The smallest absolute Gasteiger partial charge is 0.290 e. The van der Waals surface area contributed by atoms with Crippen LogP contribution in [0, 0.1) is 0 Å². The van der Waals surface area contributed by atoms with E-state index < -0.39 is 0 Å². The predicted octanol–water partition coefficient (Wildman–Crippen LogP) is 1.69. The Hall–Kier alpha value is -3.19. The highest BCUT2D eigenvalue weighted by Crippen LogP contribution is 2.16. The van der Waals surface area contributed by atoms with E-state index in [0.717, 1.165) is 25.1 Å². The predicted molar refractivity (Wildman–Crippen MR) is 111 cm³/mol. The number of nitrogens with zero attached hydrogens (tertiary/aromatic N) is 4. The molecule has 0 atom stereocenters. The molecule has 0 aliphatic carbocycles. The number of hydrogen-bond acceptors (Lipinski definition) is 4. The molecule has 7 heteroatoms. The SMILES string of the molecule is CN1CCN(C(=O)c2nc(C(=O)NCCc3ccccc3)c3ccccn23)CC1. The first-order valence-electron chi connectivity index (χ1n) is 9.90. The largest absolute Gasteiger partial charge is 0.350 e. The van der Waals surface area contributed by atoms with Gasteiger partial charge in [0.1, 0.15) is 0 Å². The topological polar surface area (TPSA) is 69.9 Å². The van der Waals surface area contributed by atoms with Crippen LogP contribution in [-0.2, 0) is 6.42 Å². The van der Waals surface area contributed by atoms with E-state index >= 15 is 0 Å². The number of hydrogen-bond donors (Lipinski definition) is 1. The normalized spacial score (nSPS) is 14.9. The number of fused-ring (bicyclic) bond motifs is 1. The third-order valence-corrected chi connectivity index (χ3v) is 5.29. The van der Waals surface area contributed by atoms with Crippen molar-refractivity contribution in [2.75, 3.05) is 39.8 Å². The van der Waals surface area contributed by atoms with Gasteiger partial charge in [-0.25, -0.2) is 4.98 Å². The number of nitrogens with one attached hydrogen (secondary N) is 1. The fraction of sp³-hybridized carbons (Fsp3) is 0.318. The minimum absolute atomic E-state index is 0.136. The van der Waals surface area contributed by atoms with E-state index in [4.69, 9.17) is 0 Å². The average Bonchev–Trinajstić information content (AvgIpc) is 3.14. The lowest BCUT2D eigenvalue weighted by atomic mass is 10.1. The number of amides is 2. The number of piperazine rings is 1. The zero-order chi connectivity index (χ0) is 20.2. The lowest BCUT2D eigenvalue weighted by molar-refractivity contribution is 0.0651. The maximum absolute atomic E-state index is 13.0. The quantitative estimate of drug-likeness (QED) is 0.719. The first-order valence-corrected chi connectivity index (χ1v) is 9.90. The molecule has 0 unspecified atom stereocenters. The maximum Gasteiger partial charge on any atom is 0.290 e. The number of benzene rings is 1. The summed E-state index contributed by atoms with van der Waals surface area (Å²) in [6.07, 6.45) is 2.53. The van der Waals surface area contributed by atoms with Crippen LogP contribution in [0.15, 0.2) is 54.7 Å². The minimum atomic E-state index is -0.262. The lowest BCUT2D eigenvalue weighted by Gasteiger charge is -2.31. The van der Waals surface area contributed by atoms with Gasteiger partial charge in [0.25, 0.3) is 11.8 Å². The van der Waals surface area contributed by atoms with Gasteiger partial charge in [-0.1, -0.05) is 36.4 Å². The lowest BCUT2D eigenvalue weighted by Crippen LogP contribution is -2.47. The van der Waals surface area contributed by atoms with Gasteiger partial charge < -0.3 is 15.1 Å². The van der Waals surface area contributed by atoms with Crippen molar-refractivity contribution in [1.82, 2.24) is 24.5 Å². The van der Waals surface area contributed by atoms with Gasteiger partial charge in [-0.2, -0.15) is 0 Å². The Kier molecular flexibility index (Phi) is 5.57. The molecule has 1 aromatic carbocycles. The van der Waals surface area contributed by atoms with Crippen molar-refractivity contribution < 1.29 is 9.59 Å². The van der Waals surface area contributed by atoms with Crippen molar-refractivity contribution in [3.8, 4) is 0 Å². The third kappa shape index (κ3) is 4.14. The van der Waals surface area contributed by atoms with Crippen LogP contribution in [0.1, 0.15) is 26.7 Å². The molecule has 3 heterocycles. The molecule has 7 nitrogen and oxygen atoms in total. The van der Waals surface area contributed by atoms with Crippen LogP contribution in [0.3, 0.4) is 0 Å². The molecule has 0 radical (unpaired) electrons. The number of carbonyl (C=O) groups excluding carboxylic acids is 2. The van der Waals surface area contributed by atoms with Crippen LogP contribution in [-0.4, -0.2) is 70.8 Å². The molecule has 4 rings (SSSR count). The number of pyridine rings is 1. The molecule has 29 heavy (non-hydrogen) atoms. The van der Waals surface area contributed by atoms with E-state index in [1.807, 2.05) is 55.6 Å². The zero-order valence-corrected chi connectivity index (χ0v) is 16.5. The Morgan fingerprint density at radius 2 is 1.72 bits per heavy atom. The highest BCUT2D eigenvalue weighted by atomic mass is 16.2.